The number of benzene rings is 1. The van der Waals surface area contributed by atoms with Crippen LogP contribution >= 0.6 is 0 Å². The van der Waals surface area contributed by atoms with Gasteiger partial charge in [-0.3, -0.25) is 9.59 Å². The van der Waals surface area contributed by atoms with E-state index in [2.05, 4.69) is 5.32 Å². The van der Waals surface area contributed by atoms with Crippen LogP contribution in [-0.4, -0.2) is 37.7 Å². The van der Waals surface area contributed by atoms with Crippen LogP contribution in [0.1, 0.15) is 18.4 Å². The van der Waals surface area contributed by atoms with E-state index in [9.17, 15) is 9.59 Å². The lowest BCUT2D eigenvalue weighted by Gasteiger charge is -2.17. The molecule has 0 saturated carbocycles. The maximum atomic E-state index is 10.6. The molecule has 110 valence electrons. The lowest BCUT2D eigenvalue weighted by Crippen LogP contribution is -2.30. The molecule has 0 radical (unpaired) electrons. The summed E-state index contributed by atoms with van der Waals surface area (Å²) in [7, 11) is 3.12. The van der Waals surface area contributed by atoms with Crippen LogP contribution in [0.25, 0.3) is 0 Å². The molecule has 1 rings (SSSR count). The number of rotatable bonds is 9. The van der Waals surface area contributed by atoms with E-state index in [-0.39, 0.29) is 12.5 Å². The highest BCUT2D eigenvalue weighted by Crippen LogP contribution is 2.26. The molecule has 0 heterocycles. The molecule has 0 fully saturated rings. The Morgan fingerprint density at radius 3 is 2.70 bits per heavy atom. The van der Waals surface area contributed by atoms with Gasteiger partial charge < -0.3 is 19.9 Å². The third kappa shape index (κ3) is 4.79. The maximum Gasteiger partial charge on any atom is 0.303 e. The van der Waals surface area contributed by atoms with E-state index >= 15 is 0 Å². The van der Waals surface area contributed by atoms with Gasteiger partial charge in [0.1, 0.15) is 11.5 Å². The summed E-state index contributed by atoms with van der Waals surface area (Å²) < 4.78 is 10.4. The van der Waals surface area contributed by atoms with Gasteiger partial charge >= 0.3 is 5.97 Å². The van der Waals surface area contributed by atoms with Gasteiger partial charge in [-0.25, -0.2) is 0 Å². The zero-order valence-electron chi connectivity index (χ0n) is 11.6. The summed E-state index contributed by atoms with van der Waals surface area (Å²) in [6.07, 6.45) is 1.45. The van der Waals surface area contributed by atoms with Crippen LogP contribution in [0.2, 0.25) is 0 Å². The van der Waals surface area contributed by atoms with Gasteiger partial charge in [-0.2, -0.15) is 0 Å². The molecule has 0 saturated heterocycles. The van der Waals surface area contributed by atoms with Gasteiger partial charge in [-0.15, -0.1) is 0 Å². The van der Waals surface area contributed by atoms with Gasteiger partial charge in [0.15, 0.2) is 0 Å². The molecule has 1 unspecified atom stereocenters. The Morgan fingerprint density at radius 1 is 1.40 bits per heavy atom. The average molecular weight is 281 g/mol. The SMILES string of the molecule is COc1ccc(CC(CCC(=O)O)NC=O)c(OC)c1. The molecule has 20 heavy (non-hydrogen) atoms. The highest BCUT2D eigenvalue weighted by Gasteiger charge is 2.14. The van der Waals surface area contributed by atoms with Gasteiger partial charge in [0, 0.05) is 18.5 Å². The molecule has 6 heteroatoms. The molecule has 0 aliphatic rings. The van der Waals surface area contributed by atoms with Crippen molar-refractivity contribution in [1.82, 2.24) is 5.32 Å². The van der Waals surface area contributed by atoms with Crippen LogP contribution in [-0.2, 0) is 16.0 Å². The number of carboxylic acid groups (broad SMARTS) is 1. The van der Waals surface area contributed by atoms with Crippen molar-refractivity contribution in [3.8, 4) is 11.5 Å². The summed E-state index contributed by atoms with van der Waals surface area (Å²) in [4.78, 5) is 21.2. The fraction of sp³-hybridized carbons (Fsp3) is 0.429. The topological polar surface area (TPSA) is 84.9 Å². The number of hydrogen-bond donors (Lipinski definition) is 2. The molecular formula is C14H19NO5. The fourth-order valence-electron chi connectivity index (χ4n) is 1.92. The number of hydrogen-bond acceptors (Lipinski definition) is 4. The Hall–Kier alpha value is -2.24. The van der Waals surface area contributed by atoms with Crippen LogP contribution < -0.4 is 14.8 Å². The minimum absolute atomic E-state index is 0.00395. The Bertz CT molecular complexity index is 461. The monoisotopic (exact) mass is 281 g/mol. The second-order valence-electron chi connectivity index (χ2n) is 4.30. The molecule has 0 aliphatic heterocycles. The summed E-state index contributed by atoms with van der Waals surface area (Å²) in [5.74, 6) is 0.442. The number of aliphatic carboxylic acids is 1. The van der Waals surface area contributed by atoms with E-state index in [0.29, 0.717) is 30.8 Å². The first-order valence-electron chi connectivity index (χ1n) is 6.23. The average Bonchev–Trinajstić information content (AvgIpc) is 2.45. The highest BCUT2D eigenvalue weighted by atomic mass is 16.5. The molecule has 0 aliphatic carbocycles. The number of carbonyl (C=O) groups is 2. The quantitative estimate of drug-likeness (QED) is 0.665. The van der Waals surface area contributed by atoms with Crippen molar-refractivity contribution in [2.75, 3.05) is 14.2 Å². The van der Waals surface area contributed by atoms with Gasteiger partial charge in [-0.1, -0.05) is 6.07 Å². The number of methoxy groups -OCH3 is 2. The summed E-state index contributed by atoms with van der Waals surface area (Å²) in [5.41, 5.74) is 0.887. The molecule has 2 N–H and O–H groups in total. The van der Waals surface area contributed by atoms with Crippen LogP contribution in [0, 0.1) is 0 Å². The molecule has 1 atom stereocenters. The van der Waals surface area contributed by atoms with Crippen molar-refractivity contribution < 1.29 is 24.2 Å². The maximum absolute atomic E-state index is 10.6. The number of carbonyl (C=O) groups excluding carboxylic acids is 1. The van der Waals surface area contributed by atoms with Gasteiger partial charge in [0.25, 0.3) is 0 Å². The number of ether oxygens (including phenoxy) is 2. The van der Waals surface area contributed by atoms with Crippen LogP contribution in [0.3, 0.4) is 0 Å². The lowest BCUT2D eigenvalue weighted by atomic mass is 10.0. The Morgan fingerprint density at radius 2 is 2.15 bits per heavy atom. The molecule has 1 aromatic rings. The lowest BCUT2D eigenvalue weighted by molar-refractivity contribution is -0.137. The molecule has 0 bridgehead atoms. The van der Waals surface area contributed by atoms with Gasteiger partial charge in [0.2, 0.25) is 6.41 Å². The van der Waals surface area contributed by atoms with Crippen molar-refractivity contribution in [1.29, 1.82) is 0 Å². The molecule has 1 amide bonds. The third-order valence-electron chi connectivity index (χ3n) is 2.97. The molecule has 0 aromatic heterocycles. The van der Waals surface area contributed by atoms with E-state index in [0.717, 1.165) is 5.56 Å². The summed E-state index contributed by atoms with van der Waals surface area (Å²) >= 11 is 0. The van der Waals surface area contributed by atoms with Crippen molar-refractivity contribution >= 4 is 12.4 Å². The smallest absolute Gasteiger partial charge is 0.303 e. The van der Waals surface area contributed by atoms with E-state index < -0.39 is 5.97 Å². The second-order valence-corrected chi connectivity index (χ2v) is 4.30. The van der Waals surface area contributed by atoms with E-state index in [1.807, 2.05) is 6.07 Å². The van der Waals surface area contributed by atoms with Crippen LogP contribution in [0.15, 0.2) is 18.2 Å². The molecule has 0 spiro atoms. The van der Waals surface area contributed by atoms with E-state index in [4.69, 9.17) is 14.6 Å². The largest absolute Gasteiger partial charge is 0.497 e. The number of carboxylic acids is 1. The highest BCUT2D eigenvalue weighted by molar-refractivity contribution is 5.66. The Kier molecular flexibility index (Phi) is 6.36. The van der Waals surface area contributed by atoms with Crippen molar-refractivity contribution in [3.63, 3.8) is 0 Å². The summed E-state index contributed by atoms with van der Waals surface area (Å²) in [6.45, 7) is 0. The molecule has 6 nitrogen and oxygen atoms in total. The first-order chi connectivity index (χ1) is 9.60. The number of nitrogens with one attached hydrogen (secondary N) is 1. The first kappa shape index (κ1) is 15.8. The van der Waals surface area contributed by atoms with Crippen molar-refractivity contribution in [3.05, 3.63) is 23.8 Å². The molecule has 1 aromatic carbocycles. The van der Waals surface area contributed by atoms with Crippen LogP contribution in [0.4, 0.5) is 0 Å². The minimum atomic E-state index is -0.885. The molecular weight excluding hydrogens is 262 g/mol. The predicted molar refractivity (Wildman–Crippen MR) is 73.1 cm³/mol. The second kappa shape index (κ2) is 8.04. The normalized spacial score (nSPS) is 11.5. The minimum Gasteiger partial charge on any atom is -0.497 e. The summed E-state index contributed by atoms with van der Waals surface area (Å²) in [5, 5.41) is 11.3. The van der Waals surface area contributed by atoms with Gasteiger partial charge in [-0.05, 0) is 24.5 Å². The van der Waals surface area contributed by atoms with Crippen molar-refractivity contribution in [2.24, 2.45) is 0 Å². The zero-order chi connectivity index (χ0) is 15.0. The number of amides is 1. The standard InChI is InChI=1S/C14H19NO5/c1-19-12-5-3-10(13(8-12)20-2)7-11(15-9-16)4-6-14(17)18/h3,5,8-9,11H,4,6-7H2,1-2H3,(H,15,16)(H,17,18). The van der Waals surface area contributed by atoms with E-state index in [1.54, 1.807) is 26.4 Å². The first-order valence-corrected chi connectivity index (χ1v) is 6.23. The Balaban J connectivity index is 2.81. The van der Waals surface area contributed by atoms with Crippen LogP contribution in [0.5, 0.6) is 11.5 Å². The third-order valence-corrected chi connectivity index (χ3v) is 2.97. The predicted octanol–water partition coefficient (Wildman–Crippen LogP) is 1.23. The zero-order valence-corrected chi connectivity index (χ0v) is 11.6. The summed E-state index contributed by atoms with van der Waals surface area (Å²) in [6, 6.07) is 5.15. The van der Waals surface area contributed by atoms with Crippen molar-refractivity contribution in [2.45, 2.75) is 25.3 Å². The Labute approximate surface area is 117 Å². The van der Waals surface area contributed by atoms with Gasteiger partial charge in [0.05, 0.1) is 14.2 Å². The van der Waals surface area contributed by atoms with E-state index in [1.165, 1.54) is 0 Å². The fourth-order valence-corrected chi connectivity index (χ4v) is 1.92.